The van der Waals surface area contributed by atoms with E-state index >= 15 is 0 Å². The van der Waals surface area contributed by atoms with Gasteiger partial charge in [-0.3, -0.25) is 33.3 Å². The largest absolute Gasteiger partial charge is 0.469 e. The van der Waals surface area contributed by atoms with Crippen molar-refractivity contribution in [3.63, 3.8) is 0 Å². The van der Waals surface area contributed by atoms with Crippen LogP contribution in [0.1, 0.15) is 47.0 Å². The standard InChI is InChI=1S/C25H44N7O12P/c1-13(2)10-16(29-22(37)17(11-34)30-20(35)14(3)26)21(36)31-18(12-44-45(41,42)43)23(38)28-15(4)25(40)32-8-5-6-19(32)24(39)27-7-9-33/h9,13-19,34H,5-8,10-12,26H2,1-4H3,(H,27,39)(H,28,38)(H,29,37)(H,30,35)(H,31,36)(H2,41,42,43)/t14-,15-,16-,17-,18-,19-/m0/s1. The quantitative estimate of drug-likeness (QED) is 0.0496. The van der Waals surface area contributed by atoms with Crippen LogP contribution in [-0.2, 0) is 42.7 Å². The van der Waals surface area contributed by atoms with Gasteiger partial charge < -0.3 is 56.9 Å². The van der Waals surface area contributed by atoms with E-state index in [1.807, 2.05) is 0 Å². The number of aldehydes is 1. The van der Waals surface area contributed by atoms with E-state index in [9.17, 15) is 53.0 Å². The molecule has 256 valence electrons. The SMILES string of the molecule is CC(C)C[C@H](NC(=O)[C@H](CO)NC(=O)[C@H](C)N)C(=O)N[C@@H](COP(=O)(O)O)C(=O)N[C@@H](C)C(=O)N1CCC[C@H]1C(=O)NCC=O. The molecule has 0 saturated carbocycles. The van der Waals surface area contributed by atoms with Crippen molar-refractivity contribution in [3.05, 3.63) is 0 Å². The van der Waals surface area contributed by atoms with Crippen LogP contribution in [0.25, 0.3) is 0 Å². The van der Waals surface area contributed by atoms with E-state index in [-0.39, 0.29) is 25.4 Å². The molecule has 0 radical (unpaired) electrons. The number of hydrogen-bond donors (Lipinski definition) is 9. The highest BCUT2D eigenvalue weighted by Gasteiger charge is 2.38. The van der Waals surface area contributed by atoms with Gasteiger partial charge in [-0.05, 0) is 39.0 Å². The number of nitrogens with zero attached hydrogens (tertiary/aromatic N) is 1. The second-order valence-corrected chi connectivity index (χ2v) is 12.1. The van der Waals surface area contributed by atoms with E-state index in [2.05, 4.69) is 31.1 Å². The van der Waals surface area contributed by atoms with Gasteiger partial charge >= 0.3 is 7.82 Å². The number of hydrogen-bond acceptors (Lipinski definition) is 11. The van der Waals surface area contributed by atoms with Crippen LogP contribution in [0.3, 0.4) is 0 Å². The smallest absolute Gasteiger partial charge is 0.394 e. The monoisotopic (exact) mass is 665 g/mol. The van der Waals surface area contributed by atoms with E-state index in [4.69, 9.17) is 5.73 Å². The van der Waals surface area contributed by atoms with Gasteiger partial charge in [0.15, 0.2) is 0 Å². The molecule has 10 N–H and O–H groups in total. The van der Waals surface area contributed by atoms with Crippen LogP contribution >= 0.6 is 7.82 Å². The fraction of sp³-hybridized carbons (Fsp3) is 0.720. The van der Waals surface area contributed by atoms with Crippen molar-refractivity contribution in [2.24, 2.45) is 11.7 Å². The maximum atomic E-state index is 13.3. The lowest BCUT2D eigenvalue weighted by Gasteiger charge is -2.29. The molecule has 1 aliphatic rings. The topological polar surface area (TPSA) is 296 Å². The first-order chi connectivity index (χ1) is 20.9. The summed E-state index contributed by atoms with van der Waals surface area (Å²) in [6.07, 6.45) is 1.29. The van der Waals surface area contributed by atoms with Gasteiger partial charge in [0.25, 0.3) is 0 Å². The Morgan fingerprint density at radius 1 is 0.933 bits per heavy atom. The second-order valence-electron chi connectivity index (χ2n) is 10.9. The van der Waals surface area contributed by atoms with Gasteiger partial charge in [0.05, 0.1) is 25.8 Å². The molecular formula is C25H44N7O12P. The number of amides is 6. The van der Waals surface area contributed by atoms with E-state index < -0.39 is 92.7 Å². The molecule has 19 nitrogen and oxygen atoms in total. The average molecular weight is 666 g/mol. The number of carbonyl (C=O) groups is 7. The summed E-state index contributed by atoms with van der Waals surface area (Å²) in [4.78, 5) is 107. The zero-order valence-corrected chi connectivity index (χ0v) is 26.5. The van der Waals surface area contributed by atoms with Crippen molar-refractivity contribution in [2.45, 2.75) is 83.2 Å². The zero-order valence-electron chi connectivity index (χ0n) is 25.6. The van der Waals surface area contributed by atoms with E-state index in [1.165, 1.54) is 18.7 Å². The Bertz CT molecular complexity index is 1130. The third kappa shape index (κ3) is 13.6. The molecule has 0 bridgehead atoms. The van der Waals surface area contributed by atoms with Gasteiger partial charge in [0.2, 0.25) is 35.4 Å². The molecule has 0 unspecified atom stereocenters. The Balaban J connectivity index is 3.10. The summed E-state index contributed by atoms with van der Waals surface area (Å²) in [6.45, 7) is 4.17. The Hall–Kier alpha value is -3.48. The van der Waals surface area contributed by atoms with Crippen LogP contribution in [0, 0.1) is 5.92 Å². The van der Waals surface area contributed by atoms with Crippen molar-refractivity contribution < 1.29 is 57.5 Å². The van der Waals surface area contributed by atoms with E-state index in [0.717, 1.165) is 0 Å². The summed E-state index contributed by atoms with van der Waals surface area (Å²) < 4.78 is 15.8. The first kappa shape index (κ1) is 39.5. The molecule has 1 aliphatic heterocycles. The number of aliphatic hydroxyl groups excluding tert-OH is 1. The molecule has 0 aromatic carbocycles. The van der Waals surface area contributed by atoms with Crippen molar-refractivity contribution in [1.82, 2.24) is 31.5 Å². The molecule has 0 aliphatic carbocycles. The van der Waals surface area contributed by atoms with Crippen LogP contribution in [0.4, 0.5) is 0 Å². The van der Waals surface area contributed by atoms with Crippen LogP contribution < -0.4 is 32.3 Å². The summed E-state index contributed by atoms with van der Waals surface area (Å²) in [6, 6.07) is -7.74. The summed E-state index contributed by atoms with van der Waals surface area (Å²) in [7, 11) is -5.13. The molecule has 20 heteroatoms. The van der Waals surface area contributed by atoms with Gasteiger partial charge in [-0.1, -0.05) is 13.8 Å². The van der Waals surface area contributed by atoms with Gasteiger partial charge in [-0.15, -0.1) is 0 Å². The minimum Gasteiger partial charge on any atom is -0.394 e. The number of nitrogens with two attached hydrogens (primary N) is 1. The predicted octanol–water partition coefficient (Wildman–Crippen LogP) is -4.25. The molecule has 1 heterocycles. The Morgan fingerprint density at radius 2 is 1.49 bits per heavy atom. The van der Waals surface area contributed by atoms with E-state index in [1.54, 1.807) is 13.8 Å². The van der Waals surface area contributed by atoms with Gasteiger partial charge in [0.1, 0.15) is 36.5 Å². The van der Waals surface area contributed by atoms with E-state index in [0.29, 0.717) is 19.1 Å². The highest BCUT2D eigenvalue weighted by atomic mass is 31.2. The van der Waals surface area contributed by atoms with Gasteiger partial charge in [0, 0.05) is 6.54 Å². The number of nitrogens with one attached hydrogen (secondary N) is 5. The molecule has 1 rings (SSSR count). The summed E-state index contributed by atoms with van der Waals surface area (Å²) >= 11 is 0. The Labute approximate surface area is 260 Å². The number of rotatable bonds is 18. The third-order valence-electron chi connectivity index (χ3n) is 6.54. The lowest BCUT2D eigenvalue weighted by molar-refractivity contribution is -0.141. The lowest BCUT2D eigenvalue weighted by Crippen LogP contribution is -2.60. The summed E-state index contributed by atoms with van der Waals surface area (Å²) in [5.41, 5.74) is 5.47. The Kier molecular flexibility index (Phi) is 16.2. The zero-order chi connectivity index (χ0) is 34.5. The average Bonchev–Trinajstić information content (AvgIpc) is 3.44. The minimum absolute atomic E-state index is 0.00204. The summed E-state index contributed by atoms with van der Waals surface area (Å²) in [5, 5.41) is 21.2. The number of aliphatic hydroxyl groups is 1. The first-order valence-corrected chi connectivity index (χ1v) is 15.7. The fourth-order valence-electron chi connectivity index (χ4n) is 4.29. The van der Waals surface area contributed by atoms with Crippen molar-refractivity contribution in [1.29, 1.82) is 0 Å². The highest BCUT2D eigenvalue weighted by molar-refractivity contribution is 7.46. The normalized spacial score (nSPS) is 18.2. The van der Waals surface area contributed by atoms with Crippen molar-refractivity contribution in [2.75, 3.05) is 26.3 Å². The van der Waals surface area contributed by atoms with Gasteiger partial charge in [-0.25, -0.2) is 4.57 Å². The number of phosphoric ester groups is 1. The molecule has 1 saturated heterocycles. The van der Waals surface area contributed by atoms with Crippen LogP contribution in [-0.4, -0.2) is 124 Å². The predicted molar refractivity (Wildman–Crippen MR) is 155 cm³/mol. The Morgan fingerprint density at radius 3 is 2.02 bits per heavy atom. The van der Waals surface area contributed by atoms with Crippen LogP contribution in [0.5, 0.6) is 0 Å². The molecule has 1 fully saturated rings. The third-order valence-corrected chi connectivity index (χ3v) is 7.02. The van der Waals surface area contributed by atoms with Crippen molar-refractivity contribution >= 4 is 49.6 Å². The maximum absolute atomic E-state index is 13.3. The fourth-order valence-corrected chi connectivity index (χ4v) is 4.63. The molecule has 0 aromatic heterocycles. The lowest BCUT2D eigenvalue weighted by atomic mass is 10.0. The first-order valence-electron chi connectivity index (χ1n) is 14.2. The number of likely N-dealkylation sites (tertiary alicyclic amines) is 1. The molecule has 0 spiro atoms. The molecule has 6 atom stereocenters. The van der Waals surface area contributed by atoms with Crippen LogP contribution in [0.2, 0.25) is 0 Å². The van der Waals surface area contributed by atoms with Gasteiger partial charge in [-0.2, -0.15) is 0 Å². The molecular weight excluding hydrogens is 621 g/mol. The second kappa shape index (κ2) is 18.5. The summed E-state index contributed by atoms with van der Waals surface area (Å²) in [5.74, 6) is -5.17. The molecule has 6 amide bonds. The highest BCUT2D eigenvalue weighted by Crippen LogP contribution is 2.35. The van der Waals surface area contributed by atoms with Crippen LogP contribution in [0.15, 0.2) is 0 Å². The number of carbonyl (C=O) groups excluding carboxylic acids is 7. The maximum Gasteiger partial charge on any atom is 0.469 e. The molecule has 0 aromatic rings. The van der Waals surface area contributed by atoms with Crippen molar-refractivity contribution in [3.8, 4) is 0 Å². The molecule has 45 heavy (non-hydrogen) atoms. The minimum atomic E-state index is -5.13. The number of phosphoric acid groups is 1.